The lowest BCUT2D eigenvalue weighted by Crippen LogP contribution is -1.85. The monoisotopic (exact) mass is 283 g/mol. The summed E-state index contributed by atoms with van der Waals surface area (Å²) in [4.78, 5) is 7.94. The number of aromatic nitrogens is 2. The zero-order valence-corrected chi connectivity index (χ0v) is 12.1. The Bertz CT molecular complexity index is 1030. The topological polar surface area (TPSA) is 52.5 Å². The number of hydrogen-bond acceptors (Lipinski definition) is 2. The summed E-state index contributed by atoms with van der Waals surface area (Å²) >= 11 is 0. The van der Waals surface area contributed by atoms with E-state index in [1.807, 2.05) is 43.5 Å². The lowest BCUT2D eigenvalue weighted by Gasteiger charge is -2.03. The van der Waals surface area contributed by atoms with E-state index in [9.17, 15) is 5.26 Å². The number of nitriles is 1. The highest BCUT2D eigenvalue weighted by Crippen LogP contribution is 2.33. The van der Waals surface area contributed by atoms with Crippen molar-refractivity contribution in [1.82, 2.24) is 9.97 Å². The van der Waals surface area contributed by atoms with Crippen molar-refractivity contribution in [3.63, 3.8) is 0 Å². The molecule has 0 fully saturated rings. The smallest absolute Gasteiger partial charge is 0.101 e. The number of benzene rings is 2. The summed E-state index contributed by atoms with van der Waals surface area (Å²) in [5, 5.41) is 11.5. The summed E-state index contributed by atoms with van der Waals surface area (Å²) in [6.07, 6.45) is 1.87. The number of H-pyrrole nitrogens is 1. The van der Waals surface area contributed by atoms with Crippen LogP contribution in [-0.2, 0) is 0 Å². The van der Waals surface area contributed by atoms with Crippen LogP contribution in [0.4, 0.5) is 0 Å². The Morgan fingerprint density at radius 3 is 2.45 bits per heavy atom. The van der Waals surface area contributed by atoms with Crippen molar-refractivity contribution in [1.29, 1.82) is 5.26 Å². The van der Waals surface area contributed by atoms with E-state index in [1.165, 1.54) is 0 Å². The molecule has 2 aromatic heterocycles. The number of pyridine rings is 1. The number of nitrogens with zero attached hydrogens (tertiary/aromatic N) is 2. The highest BCUT2D eigenvalue weighted by molar-refractivity contribution is 6.12. The summed E-state index contributed by atoms with van der Waals surface area (Å²) in [6, 6.07) is 18.3. The van der Waals surface area contributed by atoms with Gasteiger partial charge in [-0.25, -0.2) is 0 Å². The number of hydrogen-bond donors (Lipinski definition) is 1. The Kier molecular flexibility index (Phi) is 2.70. The van der Waals surface area contributed by atoms with Crippen LogP contribution in [0.1, 0.15) is 11.1 Å². The van der Waals surface area contributed by atoms with Gasteiger partial charge in [-0.2, -0.15) is 5.26 Å². The van der Waals surface area contributed by atoms with Gasteiger partial charge in [-0.3, -0.25) is 4.98 Å². The molecule has 1 N–H and O–H groups in total. The van der Waals surface area contributed by atoms with E-state index in [0.717, 1.165) is 38.6 Å². The fourth-order valence-electron chi connectivity index (χ4n) is 2.88. The Morgan fingerprint density at radius 2 is 1.73 bits per heavy atom. The Labute approximate surface area is 127 Å². The van der Waals surface area contributed by atoms with E-state index in [1.54, 1.807) is 0 Å². The van der Waals surface area contributed by atoms with Gasteiger partial charge in [-0.15, -0.1) is 0 Å². The lowest BCUT2D eigenvalue weighted by molar-refractivity contribution is 1.27. The fourth-order valence-corrected chi connectivity index (χ4v) is 2.88. The van der Waals surface area contributed by atoms with Gasteiger partial charge in [-0.05, 0) is 24.6 Å². The van der Waals surface area contributed by atoms with Crippen LogP contribution in [0.2, 0.25) is 0 Å². The van der Waals surface area contributed by atoms with E-state index in [-0.39, 0.29) is 0 Å². The number of para-hydroxylation sites is 2. The zero-order chi connectivity index (χ0) is 15.1. The van der Waals surface area contributed by atoms with Crippen molar-refractivity contribution in [3.05, 3.63) is 65.9 Å². The van der Waals surface area contributed by atoms with Crippen molar-refractivity contribution in [3.8, 4) is 17.3 Å². The second-order valence-electron chi connectivity index (χ2n) is 5.41. The van der Waals surface area contributed by atoms with Crippen LogP contribution in [0.25, 0.3) is 33.1 Å². The molecule has 0 aliphatic heterocycles. The summed E-state index contributed by atoms with van der Waals surface area (Å²) in [5.74, 6) is 0. The number of aromatic amines is 1. The predicted octanol–water partition coefficient (Wildman–Crippen LogP) is 4.56. The van der Waals surface area contributed by atoms with Crippen molar-refractivity contribution < 1.29 is 0 Å². The third-order valence-corrected chi connectivity index (χ3v) is 3.98. The molecule has 0 radical (unpaired) electrons. The minimum Gasteiger partial charge on any atom is -0.353 e. The van der Waals surface area contributed by atoms with Gasteiger partial charge >= 0.3 is 0 Å². The number of aryl methyl sites for hydroxylation is 1. The molecule has 2 aromatic carbocycles. The molecular weight excluding hydrogens is 270 g/mol. The van der Waals surface area contributed by atoms with Gasteiger partial charge in [0.15, 0.2) is 0 Å². The molecule has 4 rings (SSSR count). The molecule has 104 valence electrons. The van der Waals surface area contributed by atoms with E-state index in [2.05, 4.69) is 34.2 Å². The maximum Gasteiger partial charge on any atom is 0.101 e. The minimum atomic E-state index is 0.663. The highest BCUT2D eigenvalue weighted by Gasteiger charge is 2.12. The molecule has 0 bridgehead atoms. The van der Waals surface area contributed by atoms with Crippen molar-refractivity contribution in [2.45, 2.75) is 6.92 Å². The largest absolute Gasteiger partial charge is 0.353 e. The average Bonchev–Trinajstić information content (AvgIpc) is 2.94. The third kappa shape index (κ3) is 1.78. The van der Waals surface area contributed by atoms with Crippen LogP contribution in [0.3, 0.4) is 0 Å². The van der Waals surface area contributed by atoms with E-state index < -0.39 is 0 Å². The fraction of sp³-hybridized carbons (Fsp3) is 0.0526. The van der Waals surface area contributed by atoms with Crippen LogP contribution in [0.15, 0.2) is 54.7 Å². The van der Waals surface area contributed by atoms with Gasteiger partial charge in [0.05, 0.1) is 22.3 Å². The van der Waals surface area contributed by atoms with Crippen molar-refractivity contribution in [2.75, 3.05) is 0 Å². The molecule has 4 aromatic rings. The molecule has 0 aliphatic carbocycles. The number of rotatable bonds is 1. The van der Waals surface area contributed by atoms with E-state index >= 15 is 0 Å². The molecule has 3 heteroatoms. The summed E-state index contributed by atoms with van der Waals surface area (Å²) in [7, 11) is 0. The molecule has 0 amide bonds. The summed E-state index contributed by atoms with van der Waals surface area (Å²) in [6.45, 7) is 2.03. The van der Waals surface area contributed by atoms with Crippen molar-refractivity contribution in [2.24, 2.45) is 0 Å². The lowest BCUT2D eigenvalue weighted by atomic mass is 10.0. The molecule has 0 aliphatic rings. The van der Waals surface area contributed by atoms with Gasteiger partial charge in [-0.1, -0.05) is 36.4 Å². The summed E-state index contributed by atoms with van der Waals surface area (Å²) in [5.41, 5.74) is 5.70. The molecular formula is C19H13N3. The number of fused-ring (bicyclic) bond motifs is 3. The average molecular weight is 283 g/mol. The standard InChI is InChI=1S/C19H13N3/c1-12-8-9-17(21-11-12)16-7-3-6-15-14-5-2-4-13(10-20)18(14)22-19(15)16/h2-9,11,22H,1H3. The Balaban J connectivity index is 2.09. The predicted molar refractivity (Wildman–Crippen MR) is 88.5 cm³/mol. The van der Waals surface area contributed by atoms with E-state index in [0.29, 0.717) is 5.56 Å². The molecule has 0 spiro atoms. The molecule has 0 saturated heterocycles. The normalized spacial score (nSPS) is 10.9. The number of nitrogens with one attached hydrogen (secondary N) is 1. The van der Waals surface area contributed by atoms with Gasteiger partial charge in [0.25, 0.3) is 0 Å². The maximum absolute atomic E-state index is 9.30. The maximum atomic E-state index is 9.30. The van der Waals surface area contributed by atoms with Crippen LogP contribution in [-0.4, -0.2) is 9.97 Å². The first-order chi connectivity index (χ1) is 10.8. The zero-order valence-electron chi connectivity index (χ0n) is 12.1. The molecule has 3 nitrogen and oxygen atoms in total. The van der Waals surface area contributed by atoms with E-state index in [4.69, 9.17) is 0 Å². The Morgan fingerprint density at radius 1 is 0.955 bits per heavy atom. The molecule has 0 atom stereocenters. The first kappa shape index (κ1) is 12.6. The second-order valence-corrected chi connectivity index (χ2v) is 5.41. The highest BCUT2D eigenvalue weighted by atomic mass is 14.7. The van der Waals surface area contributed by atoms with Gasteiger partial charge in [0.2, 0.25) is 0 Å². The van der Waals surface area contributed by atoms with Crippen LogP contribution in [0, 0.1) is 18.3 Å². The van der Waals surface area contributed by atoms with Gasteiger partial charge in [0, 0.05) is 22.5 Å². The third-order valence-electron chi connectivity index (χ3n) is 3.98. The molecule has 0 unspecified atom stereocenters. The second kappa shape index (κ2) is 4.71. The molecule has 22 heavy (non-hydrogen) atoms. The van der Waals surface area contributed by atoms with Gasteiger partial charge < -0.3 is 4.98 Å². The van der Waals surface area contributed by atoms with Crippen LogP contribution < -0.4 is 0 Å². The quantitative estimate of drug-likeness (QED) is 0.556. The first-order valence-corrected chi connectivity index (χ1v) is 7.14. The minimum absolute atomic E-state index is 0.663. The molecule has 2 heterocycles. The first-order valence-electron chi connectivity index (χ1n) is 7.14. The SMILES string of the molecule is Cc1ccc(-c2cccc3c2[nH]c2c(C#N)cccc23)nc1. The van der Waals surface area contributed by atoms with Crippen molar-refractivity contribution >= 4 is 21.8 Å². The van der Waals surface area contributed by atoms with Crippen LogP contribution in [0.5, 0.6) is 0 Å². The van der Waals surface area contributed by atoms with Gasteiger partial charge in [0.1, 0.15) is 6.07 Å². The van der Waals surface area contributed by atoms with Crippen LogP contribution >= 0.6 is 0 Å². The molecule has 0 saturated carbocycles. The Hall–Kier alpha value is -3.12. The summed E-state index contributed by atoms with van der Waals surface area (Å²) < 4.78 is 0.